The predicted molar refractivity (Wildman–Crippen MR) is 116 cm³/mol. The number of para-hydroxylation sites is 1. The second-order valence-corrected chi connectivity index (χ2v) is 6.85. The third kappa shape index (κ3) is 5.02. The lowest BCUT2D eigenvalue weighted by Gasteiger charge is -2.12. The van der Waals surface area contributed by atoms with Crippen molar-refractivity contribution in [2.75, 3.05) is 10.6 Å². The first kappa shape index (κ1) is 20.1. The molecule has 0 unspecified atom stereocenters. The molecule has 0 aliphatic heterocycles. The summed E-state index contributed by atoms with van der Waals surface area (Å²) in [7, 11) is 0. The van der Waals surface area contributed by atoms with Crippen molar-refractivity contribution >= 4 is 23.3 Å². The van der Waals surface area contributed by atoms with Crippen LogP contribution in [0.3, 0.4) is 0 Å². The van der Waals surface area contributed by atoms with Crippen molar-refractivity contribution in [3.63, 3.8) is 0 Å². The number of carboxylic acid groups (broad SMARTS) is 1. The van der Waals surface area contributed by atoms with Gasteiger partial charge in [0, 0.05) is 23.5 Å². The van der Waals surface area contributed by atoms with Crippen LogP contribution in [-0.4, -0.2) is 17.0 Å². The Kier molecular flexibility index (Phi) is 6.29. The van der Waals surface area contributed by atoms with Gasteiger partial charge in [0.1, 0.15) is 0 Å². The summed E-state index contributed by atoms with van der Waals surface area (Å²) in [4.78, 5) is 23.9. The van der Waals surface area contributed by atoms with Gasteiger partial charge in [-0.3, -0.25) is 4.79 Å². The number of carbonyl (C=O) groups is 2. The molecule has 0 aliphatic carbocycles. The largest absolute Gasteiger partial charge is 0.478 e. The average molecular weight is 388 g/mol. The topological polar surface area (TPSA) is 78.4 Å². The molecule has 0 aliphatic rings. The highest BCUT2D eigenvalue weighted by molar-refractivity contribution is 6.05. The van der Waals surface area contributed by atoms with Crippen LogP contribution in [0.15, 0.2) is 66.7 Å². The quantitative estimate of drug-likeness (QED) is 0.525. The van der Waals surface area contributed by atoms with Gasteiger partial charge in [-0.05, 0) is 60.4 Å². The first-order chi connectivity index (χ1) is 14.0. The van der Waals surface area contributed by atoms with Gasteiger partial charge in [0.15, 0.2) is 0 Å². The summed E-state index contributed by atoms with van der Waals surface area (Å²) in [6, 6.07) is 20.2. The second kappa shape index (κ2) is 9.06. The molecule has 0 heterocycles. The summed E-state index contributed by atoms with van der Waals surface area (Å²) in [5.74, 6) is -1.30. The normalized spacial score (nSPS) is 10.4. The van der Waals surface area contributed by atoms with Crippen LogP contribution in [0, 0.1) is 6.92 Å². The van der Waals surface area contributed by atoms with E-state index in [0.717, 1.165) is 23.2 Å². The number of amides is 1. The minimum atomic E-state index is -1.03. The highest BCUT2D eigenvalue weighted by atomic mass is 16.4. The van der Waals surface area contributed by atoms with Crippen LogP contribution in [0.25, 0.3) is 0 Å². The van der Waals surface area contributed by atoms with Crippen molar-refractivity contribution in [3.05, 3.63) is 94.5 Å². The fourth-order valence-electron chi connectivity index (χ4n) is 3.11. The maximum absolute atomic E-state index is 12.7. The lowest BCUT2D eigenvalue weighted by atomic mass is 10.1. The molecule has 3 N–H and O–H groups in total. The number of anilines is 2. The molecule has 0 bridgehead atoms. The van der Waals surface area contributed by atoms with Gasteiger partial charge in [-0.1, -0.05) is 43.3 Å². The molecule has 0 saturated carbocycles. The highest BCUT2D eigenvalue weighted by Crippen LogP contribution is 2.20. The van der Waals surface area contributed by atoms with E-state index in [1.165, 1.54) is 17.7 Å². The maximum atomic E-state index is 12.7. The molecule has 3 rings (SSSR count). The van der Waals surface area contributed by atoms with Crippen molar-refractivity contribution in [3.8, 4) is 0 Å². The Labute approximate surface area is 170 Å². The zero-order valence-electron chi connectivity index (χ0n) is 16.5. The average Bonchev–Trinajstić information content (AvgIpc) is 2.74. The summed E-state index contributed by atoms with van der Waals surface area (Å²) < 4.78 is 0. The van der Waals surface area contributed by atoms with Crippen LogP contribution in [-0.2, 0) is 13.0 Å². The van der Waals surface area contributed by atoms with Gasteiger partial charge in [0.2, 0.25) is 0 Å². The Bertz CT molecular complexity index is 1040. The van der Waals surface area contributed by atoms with Gasteiger partial charge < -0.3 is 15.7 Å². The predicted octanol–water partition coefficient (Wildman–Crippen LogP) is 5.12. The number of carbonyl (C=O) groups excluding carboxylic acids is 1. The minimum absolute atomic E-state index is 0.137. The molecule has 5 heteroatoms. The fourth-order valence-corrected chi connectivity index (χ4v) is 3.11. The number of hydrogen-bond acceptors (Lipinski definition) is 3. The van der Waals surface area contributed by atoms with Crippen LogP contribution in [0.4, 0.5) is 11.4 Å². The van der Waals surface area contributed by atoms with Crippen molar-refractivity contribution in [1.29, 1.82) is 0 Å². The van der Waals surface area contributed by atoms with Crippen molar-refractivity contribution < 1.29 is 14.7 Å². The molecule has 29 heavy (non-hydrogen) atoms. The summed E-state index contributed by atoms with van der Waals surface area (Å²) in [6.07, 6.45) is 0.945. The van der Waals surface area contributed by atoms with Gasteiger partial charge in [0.05, 0.1) is 5.56 Å². The lowest BCUT2D eigenvalue weighted by molar-refractivity contribution is 0.0696. The zero-order valence-corrected chi connectivity index (χ0v) is 16.5. The Morgan fingerprint density at radius 3 is 2.45 bits per heavy atom. The Morgan fingerprint density at radius 1 is 0.897 bits per heavy atom. The molecular weight excluding hydrogens is 364 g/mol. The standard InChI is InChI=1S/C24H24N2O3/c1-3-18-8-4-5-10-21(18)25-15-17-7-6-9-19(13-17)23(27)26-22-14-20(24(28)29)12-11-16(22)2/h4-14,25H,3,15H2,1-2H3,(H,26,27)(H,28,29). The number of hydrogen-bond donors (Lipinski definition) is 3. The lowest BCUT2D eigenvalue weighted by Crippen LogP contribution is -2.14. The molecule has 0 atom stereocenters. The summed E-state index contributed by atoms with van der Waals surface area (Å²) >= 11 is 0. The molecule has 3 aromatic rings. The third-order valence-corrected chi connectivity index (χ3v) is 4.80. The van der Waals surface area contributed by atoms with Crippen LogP contribution in [0.2, 0.25) is 0 Å². The molecule has 0 spiro atoms. The first-order valence-electron chi connectivity index (χ1n) is 9.54. The number of aryl methyl sites for hydroxylation is 2. The Balaban J connectivity index is 1.73. The molecule has 0 aromatic heterocycles. The highest BCUT2D eigenvalue weighted by Gasteiger charge is 2.11. The van der Waals surface area contributed by atoms with E-state index in [9.17, 15) is 9.59 Å². The minimum Gasteiger partial charge on any atom is -0.478 e. The van der Waals surface area contributed by atoms with Gasteiger partial charge in [-0.15, -0.1) is 0 Å². The number of nitrogens with one attached hydrogen (secondary N) is 2. The van der Waals surface area contributed by atoms with E-state index in [0.29, 0.717) is 17.8 Å². The van der Waals surface area contributed by atoms with Crippen LogP contribution < -0.4 is 10.6 Å². The van der Waals surface area contributed by atoms with Gasteiger partial charge >= 0.3 is 5.97 Å². The number of aromatic carboxylic acids is 1. The monoisotopic (exact) mass is 388 g/mol. The molecule has 1 amide bonds. The van der Waals surface area contributed by atoms with Crippen LogP contribution >= 0.6 is 0 Å². The maximum Gasteiger partial charge on any atom is 0.335 e. The van der Waals surface area contributed by atoms with Crippen LogP contribution in [0.1, 0.15) is 44.3 Å². The summed E-state index contributed by atoms with van der Waals surface area (Å²) in [5.41, 5.74) is 5.28. The van der Waals surface area contributed by atoms with Crippen molar-refractivity contribution in [2.24, 2.45) is 0 Å². The van der Waals surface area contributed by atoms with Crippen molar-refractivity contribution in [1.82, 2.24) is 0 Å². The molecule has 0 fully saturated rings. The van der Waals surface area contributed by atoms with Gasteiger partial charge in [0.25, 0.3) is 5.91 Å². The summed E-state index contributed by atoms with van der Waals surface area (Å²) in [5, 5.41) is 15.4. The molecule has 148 valence electrons. The SMILES string of the molecule is CCc1ccccc1NCc1cccc(C(=O)Nc2cc(C(=O)O)ccc2C)c1. The Morgan fingerprint density at radius 2 is 1.69 bits per heavy atom. The zero-order chi connectivity index (χ0) is 20.8. The number of carboxylic acids is 1. The van der Waals surface area contributed by atoms with Crippen molar-refractivity contribution in [2.45, 2.75) is 26.8 Å². The molecule has 3 aromatic carbocycles. The number of rotatable bonds is 7. The fraction of sp³-hybridized carbons (Fsp3) is 0.167. The van der Waals surface area contributed by atoms with E-state index >= 15 is 0 Å². The van der Waals surface area contributed by atoms with Crippen LogP contribution in [0.5, 0.6) is 0 Å². The first-order valence-corrected chi connectivity index (χ1v) is 9.54. The molecule has 5 nitrogen and oxygen atoms in total. The van der Waals surface area contributed by atoms with E-state index in [-0.39, 0.29) is 11.5 Å². The molecular formula is C24H24N2O3. The third-order valence-electron chi connectivity index (χ3n) is 4.80. The van der Waals surface area contributed by atoms with E-state index in [1.807, 2.05) is 43.3 Å². The van der Waals surface area contributed by atoms with E-state index in [1.54, 1.807) is 12.1 Å². The second-order valence-electron chi connectivity index (χ2n) is 6.85. The summed E-state index contributed by atoms with van der Waals surface area (Å²) in [6.45, 7) is 4.55. The van der Waals surface area contributed by atoms with E-state index in [4.69, 9.17) is 5.11 Å². The molecule has 0 saturated heterocycles. The smallest absolute Gasteiger partial charge is 0.335 e. The van der Waals surface area contributed by atoms with E-state index in [2.05, 4.69) is 23.6 Å². The van der Waals surface area contributed by atoms with Gasteiger partial charge in [-0.2, -0.15) is 0 Å². The Hall–Kier alpha value is -3.60. The van der Waals surface area contributed by atoms with E-state index < -0.39 is 5.97 Å². The number of benzene rings is 3. The molecule has 0 radical (unpaired) electrons. The van der Waals surface area contributed by atoms with Gasteiger partial charge in [-0.25, -0.2) is 4.79 Å².